The van der Waals surface area contributed by atoms with Gasteiger partial charge in [-0.1, -0.05) is 31.4 Å². The number of aromatic nitrogens is 2. The Morgan fingerprint density at radius 1 is 1.19 bits per heavy atom. The van der Waals surface area contributed by atoms with Gasteiger partial charge in [0.15, 0.2) is 6.29 Å². The molecular formula is C28H41N5O3. The van der Waals surface area contributed by atoms with Crippen LogP contribution in [0.4, 0.5) is 17.5 Å². The Morgan fingerprint density at radius 2 is 1.94 bits per heavy atom. The first-order valence-corrected chi connectivity index (χ1v) is 13.4. The number of anilines is 3. The zero-order valence-electron chi connectivity index (χ0n) is 21.9. The number of nitrogens with zero attached hydrogens (tertiary/aromatic N) is 4. The molecule has 1 atom stereocenters. The van der Waals surface area contributed by atoms with Crippen molar-refractivity contribution in [3.8, 4) is 0 Å². The molecular weight excluding hydrogens is 454 g/mol. The second-order valence-electron chi connectivity index (χ2n) is 10.4. The van der Waals surface area contributed by atoms with Crippen LogP contribution in [0, 0.1) is 0 Å². The molecule has 1 saturated heterocycles. The maximum Gasteiger partial charge on any atom is 0.228 e. The number of ether oxygens (including phenoxy) is 1. The van der Waals surface area contributed by atoms with Crippen molar-refractivity contribution in [2.75, 3.05) is 43.6 Å². The van der Waals surface area contributed by atoms with E-state index in [2.05, 4.69) is 53.3 Å². The molecule has 2 heterocycles. The summed E-state index contributed by atoms with van der Waals surface area (Å²) in [6.07, 6.45) is 7.84. The maximum atomic E-state index is 12.2. The molecule has 1 saturated carbocycles. The summed E-state index contributed by atoms with van der Waals surface area (Å²) in [4.78, 5) is 26.0. The predicted molar refractivity (Wildman–Crippen MR) is 143 cm³/mol. The Labute approximate surface area is 215 Å². The highest BCUT2D eigenvalue weighted by atomic mass is 16.5. The van der Waals surface area contributed by atoms with E-state index in [0.717, 1.165) is 17.5 Å². The lowest BCUT2D eigenvalue weighted by Crippen LogP contribution is -2.44. The lowest BCUT2D eigenvalue weighted by Gasteiger charge is -2.33. The zero-order chi connectivity index (χ0) is 25.5. The van der Waals surface area contributed by atoms with Crippen molar-refractivity contribution in [2.24, 2.45) is 0 Å². The predicted octanol–water partition coefficient (Wildman–Crippen LogP) is 4.51. The summed E-state index contributed by atoms with van der Waals surface area (Å²) >= 11 is 0. The normalized spacial score (nSPS) is 19.2. The number of aliphatic hydroxyl groups is 1. The summed E-state index contributed by atoms with van der Waals surface area (Å²) in [5.41, 5.74) is 3.55. The Balaban J connectivity index is 1.63. The van der Waals surface area contributed by atoms with Crippen molar-refractivity contribution in [1.29, 1.82) is 0 Å². The lowest BCUT2D eigenvalue weighted by molar-refractivity contribution is 0.0242. The van der Waals surface area contributed by atoms with E-state index in [-0.39, 0.29) is 12.7 Å². The number of carbonyl (C=O) groups excluding carboxylic acids is 1. The Morgan fingerprint density at radius 3 is 2.61 bits per heavy atom. The van der Waals surface area contributed by atoms with E-state index in [1.165, 1.54) is 37.7 Å². The fourth-order valence-corrected chi connectivity index (χ4v) is 5.05. The molecule has 0 spiro atoms. The van der Waals surface area contributed by atoms with Gasteiger partial charge in [-0.15, -0.1) is 0 Å². The number of aldehydes is 1. The summed E-state index contributed by atoms with van der Waals surface area (Å²) in [5.74, 6) is 1.83. The highest BCUT2D eigenvalue weighted by molar-refractivity contribution is 5.79. The first-order valence-electron chi connectivity index (χ1n) is 13.4. The molecule has 0 amide bonds. The fourth-order valence-electron chi connectivity index (χ4n) is 5.05. The number of rotatable bonds is 10. The number of nitrogens with one attached hydrogen (secondary N) is 1. The number of aliphatic hydroxyl groups excluding tert-OH is 1. The summed E-state index contributed by atoms with van der Waals surface area (Å²) in [7, 11) is 2.04. The number of benzene rings is 1. The molecule has 1 aliphatic heterocycles. The van der Waals surface area contributed by atoms with Gasteiger partial charge >= 0.3 is 0 Å². The Bertz CT molecular complexity index is 989. The molecule has 2 fully saturated rings. The van der Waals surface area contributed by atoms with E-state index in [4.69, 9.17) is 9.72 Å². The third kappa shape index (κ3) is 6.60. The van der Waals surface area contributed by atoms with Crippen LogP contribution < -0.4 is 10.2 Å². The minimum Gasteiger partial charge on any atom is -0.396 e. The average Bonchev–Trinajstić information content (AvgIpc) is 2.90. The fraction of sp³-hybridized carbons (Fsp3) is 0.607. The molecule has 0 bridgehead atoms. The van der Waals surface area contributed by atoms with Crippen LogP contribution >= 0.6 is 0 Å². The zero-order valence-corrected chi connectivity index (χ0v) is 21.9. The number of hydrogen-bond acceptors (Lipinski definition) is 8. The summed E-state index contributed by atoms with van der Waals surface area (Å²) in [6, 6.07) is 9.00. The van der Waals surface area contributed by atoms with Gasteiger partial charge in [0.05, 0.1) is 12.7 Å². The van der Waals surface area contributed by atoms with Gasteiger partial charge < -0.3 is 20.1 Å². The lowest BCUT2D eigenvalue weighted by atomic mass is 9.84. The van der Waals surface area contributed by atoms with Gasteiger partial charge in [-0.2, -0.15) is 4.98 Å². The molecule has 2 aliphatic rings. The monoisotopic (exact) mass is 495 g/mol. The first-order chi connectivity index (χ1) is 17.5. The van der Waals surface area contributed by atoms with E-state index in [1.54, 1.807) is 0 Å². The molecule has 0 radical (unpaired) electrons. The number of hydrogen-bond donors (Lipinski definition) is 2. The Hall–Kier alpha value is -2.55. The highest BCUT2D eigenvalue weighted by Crippen LogP contribution is 2.34. The van der Waals surface area contributed by atoms with Gasteiger partial charge in [0.25, 0.3) is 0 Å². The van der Waals surface area contributed by atoms with Gasteiger partial charge in [0, 0.05) is 43.5 Å². The van der Waals surface area contributed by atoms with Crippen molar-refractivity contribution in [3.05, 3.63) is 41.1 Å². The molecule has 2 N–H and O–H groups in total. The third-order valence-electron chi connectivity index (χ3n) is 7.55. The van der Waals surface area contributed by atoms with E-state index in [1.807, 2.05) is 11.9 Å². The number of carbonyl (C=O) groups is 1. The Kier molecular flexibility index (Phi) is 9.29. The third-order valence-corrected chi connectivity index (χ3v) is 7.55. The molecule has 2 aromatic rings. The summed E-state index contributed by atoms with van der Waals surface area (Å²) in [5, 5.41) is 12.8. The van der Waals surface area contributed by atoms with Crippen LogP contribution in [0.25, 0.3) is 0 Å². The van der Waals surface area contributed by atoms with Crippen LogP contribution in [-0.2, 0) is 11.3 Å². The molecule has 1 aromatic carbocycles. The molecule has 196 valence electrons. The van der Waals surface area contributed by atoms with Crippen LogP contribution in [0.1, 0.15) is 79.9 Å². The van der Waals surface area contributed by atoms with Gasteiger partial charge in [0.2, 0.25) is 5.95 Å². The molecule has 8 nitrogen and oxygen atoms in total. The van der Waals surface area contributed by atoms with Crippen LogP contribution in [0.5, 0.6) is 0 Å². The second kappa shape index (κ2) is 12.6. The van der Waals surface area contributed by atoms with Crippen LogP contribution in [0.3, 0.4) is 0 Å². The molecule has 4 rings (SSSR count). The van der Waals surface area contributed by atoms with E-state index >= 15 is 0 Å². The maximum absolute atomic E-state index is 12.2. The quantitative estimate of drug-likeness (QED) is 0.466. The van der Waals surface area contributed by atoms with Crippen molar-refractivity contribution in [2.45, 2.75) is 77.0 Å². The smallest absolute Gasteiger partial charge is 0.228 e. The second-order valence-corrected chi connectivity index (χ2v) is 10.4. The number of morpholine rings is 1. The van der Waals surface area contributed by atoms with Crippen LogP contribution in [0.15, 0.2) is 24.3 Å². The topological polar surface area (TPSA) is 90.8 Å². The molecule has 1 unspecified atom stereocenters. The largest absolute Gasteiger partial charge is 0.396 e. The van der Waals surface area contributed by atoms with E-state index in [0.29, 0.717) is 62.1 Å². The average molecular weight is 496 g/mol. The van der Waals surface area contributed by atoms with Gasteiger partial charge in [-0.25, -0.2) is 4.98 Å². The van der Waals surface area contributed by atoms with Crippen molar-refractivity contribution in [1.82, 2.24) is 14.9 Å². The van der Waals surface area contributed by atoms with Gasteiger partial charge in [-0.3, -0.25) is 9.69 Å². The minimum atomic E-state index is -0.0810. The first kappa shape index (κ1) is 26.5. The van der Waals surface area contributed by atoms with E-state index < -0.39 is 0 Å². The SMILES string of the molecule is CC(C)N(C)Cc1c(C=O)nc(N2CCOC(CCO)C2)nc1Nc1ccc(C2CCCCC2)cc1. The molecule has 1 aliphatic carbocycles. The molecule has 36 heavy (non-hydrogen) atoms. The van der Waals surface area contributed by atoms with Gasteiger partial charge in [0.1, 0.15) is 11.5 Å². The minimum absolute atomic E-state index is 0.0725. The van der Waals surface area contributed by atoms with Crippen LogP contribution in [0.2, 0.25) is 0 Å². The van der Waals surface area contributed by atoms with E-state index in [9.17, 15) is 9.90 Å². The van der Waals surface area contributed by atoms with Crippen molar-refractivity contribution >= 4 is 23.7 Å². The molecule has 8 heteroatoms. The van der Waals surface area contributed by atoms with Crippen molar-refractivity contribution in [3.63, 3.8) is 0 Å². The summed E-state index contributed by atoms with van der Waals surface area (Å²) < 4.78 is 5.77. The van der Waals surface area contributed by atoms with Gasteiger partial charge in [-0.05, 0) is 63.8 Å². The van der Waals surface area contributed by atoms with Crippen molar-refractivity contribution < 1.29 is 14.6 Å². The van der Waals surface area contributed by atoms with Crippen LogP contribution in [-0.4, -0.2) is 71.8 Å². The summed E-state index contributed by atoms with van der Waals surface area (Å²) in [6.45, 7) is 6.64. The molecule has 1 aromatic heterocycles. The standard InChI is InChI=1S/C28H41N5O3/c1-20(2)32(3)18-25-26(19-35)30-28(33-14-16-36-24(17-33)13-15-34)31-27(25)29-23-11-9-22(10-12-23)21-7-5-4-6-8-21/h9-12,19-21,24,34H,4-8,13-18H2,1-3H3,(H,29,30,31). The highest BCUT2D eigenvalue weighted by Gasteiger charge is 2.25.